The number of aliphatic carboxylic acids is 1. The summed E-state index contributed by atoms with van der Waals surface area (Å²) in [6, 6.07) is 0.380. The number of carbonyl (C=O) groups excluding carboxylic acids is 1. The maximum Gasteiger partial charge on any atom is 0.320 e. The van der Waals surface area contributed by atoms with Crippen LogP contribution < -0.4 is 32.4 Å². The number of aliphatic hydroxyl groups excluding tert-OH is 2. The van der Waals surface area contributed by atoms with Crippen molar-refractivity contribution in [2.75, 3.05) is 43.0 Å². The van der Waals surface area contributed by atoms with Crippen molar-refractivity contribution in [2.24, 2.45) is 4.99 Å². The lowest BCUT2D eigenvalue weighted by molar-refractivity contribution is -0.144. The van der Waals surface area contributed by atoms with E-state index in [1.54, 1.807) is 24.8 Å². The normalized spacial score (nSPS) is 26.6. The topological polar surface area (TPSA) is 318 Å². The van der Waals surface area contributed by atoms with Crippen LogP contribution in [0, 0.1) is 0 Å². The Hall–Kier alpha value is -4.74. The number of ether oxygens (including phenoxy) is 1. The van der Waals surface area contributed by atoms with Crippen LogP contribution in [0.3, 0.4) is 0 Å². The summed E-state index contributed by atoms with van der Waals surface area (Å²) in [6.07, 6.45) is -2.52. The minimum absolute atomic E-state index is 0.00248. The lowest BCUT2D eigenvalue weighted by atomic mass is 9.95. The molecule has 21 nitrogen and oxygen atoms in total. The van der Waals surface area contributed by atoms with E-state index in [1.165, 1.54) is 17.1 Å². The van der Waals surface area contributed by atoms with Crippen molar-refractivity contribution in [3.8, 4) is 0 Å². The number of piperidine rings is 1. The molecule has 3 aromatic rings. The van der Waals surface area contributed by atoms with Gasteiger partial charge in [0, 0.05) is 32.4 Å². The Kier molecular flexibility index (Phi) is 9.26. The van der Waals surface area contributed by atoms with Crippen molar-refractivity contribution in [3.63, 3.8) is 0 Å². The average molecular weight is 719 g/mol. The van der Waals surface area contributed by atoms with Gasteiger partial charge in [0.1, 0.15) is 35.6 Å². The largest absolute Gasteiger partial charge is 0.480 e. The molecule has 270 valence electrons. The lowest BCUT2D eigenvalue weighted by Crippen LogP contribution is -2.55. The Morgan fingerprint density at radius 3 is 2.70 bits per heavy atom. The summed E-state index contributed by atoms with van der Waals surface area (Å²) in [5, 5.41) is 35.9. The first-order valence-corrected chi connectivity index (χ1v) is 17.2. The first-order valence-electron chi connectivity index (χ1n) is 15.7. The van der Waals surface area contributed by atoms with Gasteiger partial charge in [0.2, 0.25) is 16.0 Å². The van der Waals surface area contributed by atoms with Crippen LogP contribution in [0.1, 0.15) is 32.9 Å². The van der Waals surface area contributed by atoms with E-state index in [0.717, 1.165) is 0 Å². The molecule has 3 aliphatic heterocycles. The molecular weight excluding hydrogens is 680 g/mol. The molecule has 3 aliphatic rings. The quantitative estimate of drug-likeness (QED) is 0.102. The second-order valence-corrected chi connectivity index (χ2v) is 14.9. The Labute approximate surface area is 284 Å². The van der Waals surface area contributed by atoms with Crippen molar-refractivity contribution in [1.29, 1.82) is 0 Å². The zero-order valence-corrected chi connectivity index (χ0v) is 27.8. The number of pyridine rings is 1. The van der Waals surface area contributed by atoms with Crippen LogP contribution in [0.25, 0.3) is 11.2 Å². The van der Waals surface area contributed by atoms with Gasteiger partial charge in [-0.1, -0.05) is 0 Å². The van der Waals surface area contributed by atoms with E-state index in [0.29, 0.717) is 16.9 Å². The maximum atomic E-state index is 13.3. The van der Waals surface area contributed by atoms with E-state index < -0.39 is 75.4 Å². The first kappa shape index (κ1) is 35.1. The number of hydrogen-bond donors (Lipinski definition) is 9. The third-order valence-corrected chi connectivity index (χ3v) is 10.9. The number of carboxylic acid groups (broad SMARTS) is 1. The van der Waals surface area contributed by atoms with Gasteiger partial charge in [-0.2, -0.15) is 4.98 Å². The predicted octanol–water partition coefficient (Wildman–Crippen LogP) is -2.77. The fourth-order valence-corrected chi connectivity index (χ4v) is 7.87. The number of aromatic nitrogens is 5. The van der Waals surface area contributed by atoms with Crippen LogP contribution in [0.5, 0.6) is 0 Å². The molecule has 3 unspecified atom stereocenters. The second kappa shape index (κ2) is 13.2. The molecule has 0 radical (unpaired) electrons. The van der Waals surface area contributed by atoms with Crippen LogP contribution in [-0.2, 0) is 24.3 Å². The highest BCUT2D eigenvalue weighted by molar-refractivity contribution is 7.90. The number of H-pyrrole nitrogens is 1. The summed E-state index contributed by atoms with van der Waals surface area (Å²) in [5.41, 5.74) is 10.8. The summed E-state index contributed by atoms with van der Waals surface area (Å²) < 4.78 is 36.3. The van der Waals surface area contributed by atoms with Gasteiger partial charge in [-0.15, -0.1) is 0 Å². The number of amides is 1. The van der Waals surface area contributed by atoms with Crippen LogP contribution in [0.2, 0.25) is 0 Å². The molecule has 6 atom stereocenters. The molecule has 0 bridgehead atoms. The number of aliphatic imine (C=N–C) groups is 1. The fraction of sp³-hybridized carbons (Fsp3) is 0.536. The molecule has 22 heteroatoms. The fourth-order valence-electron chi connectivity index (χ4n) is 6.38. The zero-order chi connectivity index (χ0) is 36.1. The number of nitrogens with zero attached hydrogens (tertiary/aromatic N) is 6. The third-order valence-electron chi connectivity index (χ3n) is 9.04. The Morgan fingerprint density at radius 1 is 1.20 bits per heavy atom. The van der Waals surface area contributed by atoms with Crippen LogP contribution in [-0.4, -0.2) is 132 Å². The number of nitrogens with one attached hydrogen (secondary N) is 4. The van der Waals surface area contributed by atoms with Gasteiger partial charge in [0.05, 0.1) is 22.8 Å². The van der Waals surface area contributed by atoms with Gasteiger partial charge in [0.15, 0.2) is 23.4 Å². The number of fused-ring (bicyclic) bond motifs is 2. The number of aromatic amines is 1. The standard InChI is InChI=1S/C28H38N12O9S/c1-28(2)20(35-17-21(38-28)36-27(30)37-23(17)43)24(44)32-6-8-39-7-4-12(9-14(39)26(45)46)50(47,48)34-10-15-18(41)19(42)25(49-15)40-11-33-16-13(29)3-5-31-22(16)40/h3,5,11-12,14-15,18-19,25,34,41-42H,4,6-10H2,1-2H3,(H2,29,31)(H,32,44)(H,45,46)(H4,30,36,37,38,43)/t12?,14?,15-,18?,19+,25-/m1/s1. The van der Waals surface area contributed by atoms with Gasteiger partial charge in [-0.25, -0.2) is 28.1 Å². The number of rotatable bonds is 10. The summed E-state index contributed by atoms with van der Waals surface area (Å²) >= 11 is 0. The number of sulfonamides is 1. The molecule has 1 amide bonds. The molecule has 2 fully saturated rings. The average Bonchev–Trinajstić information content (AvgIpc) is 3.60. The Morgan fingerprint density at radius 2 is 1.96 bits per heavy atom. The number of hydrogen-bond acceptors (Lipinski definition) is 16. The highest BCUT2D eigenvalue weighted by Gasteiger charge is 2.46. The van der Waals surface area contributed by atoms with E-state index in [2.05, 4.69) is 40.3 Å². The molecular formula is C28H38N12O9S. The van der Waals surface area contributed by atoms with Crippen LogP contribution in [0.15, 0.2) is 28.4 Å². The highest BCUT2D eigenvalue weighted by Crippen LogP contribution is 2.33. The van der Waals surface area contributed by atoms with Crippen LogP contribution >= 0.6 is 0 Å². The monoisotopic (exact) mass is 718 g/mol. The highest BCUT2D eigenvalue weighted by atomic mass is 32.2. The van der Waals surface area contributed by atoms with E-state index in [-0.39, 0.29) is 55.6 Å². The number of carbonyl (C=O) groups is 2. The van der Waals surface area contributed by atoms with Crippen molar-refractivity contribution in [1.82, 2.24) is 39.4 Å². The van der Waals surface area contributed by atoms with E-state index in [1.807, 2.05) is 0 Å². The van der Waals surface area contributed by atoms with E-state index >= 15 is 0 Å². The molecule has 0 aliphatic carbocycles. The summed E-state index contributed by atoms with van der Waals surface area (Å²) in [4.78, 5) is 58.2. The molecule has 50 heavy (non-hydrogen) atoms. The number of anilines is 3. The van der Waals surface area contributed by atoms with Crippen molar-refractivity contribution in [3.05, 3.63) is 28.9 Å². The second-order valence-electron chi connectivity index (χ2n) is 12.8. The number of nitrogen functional groups attached to an aromatic ring is 2. The van der Waals surface area contributed by atoms with E-state index in [4.69, 9.17) is 16.2 Å². The van der Waals surface area contributed by atoms with Gasteiger partial charge in [-0.3, -0.25) is 28.8 Å². The lowest BCUT2D eigenvalue weighted by Gasteiger charge is -2.37. The molecule has 0 aromatic carbocycles. The van der Waals surface area contributed by atoms with E-state index in [9.17, 15) is 38.1 Å². The van der Waals surface area contributed by atoms with Crippen molar-refractivity contribution in [2.45, 2.75) is 68.1 Å². The number of imidazole rings is 1. The molecule has 11 N–H and O–H groups in total. The van der Waals surface area contributed by atoms with Gasteiger partial charge < -0.3 is 42.2 Å². The molecule has 3 aromatic heterocycles. The Bertz CT molecular complexity index is 2020. The summed E-state index contributed by atoms with van der Waals surface area (Å²) in [5.74, 6) is -1.81. The maximum absolute atomic E-state index is 13.3. The molecule has 6 heterocycles. The molecule has 0 saturated carbocycles. The van der Waals surface area contributed by atoms with Crippen molar-refractivity contribution < 1.29 is 38.1 Å². The smallest absolute Gasteiger partial charge is 0.320 e. The predicted molar refractivity (Wildman–Crippen MR) is 178 cm³/mol. The number of aliphatic hydroxyl groups is 2. The zero-order valence-electron chi connectivity index (χ0n) is 27.0. The third kappa shape index (κ3) is 6.59. The number of carboxylic acids is 1. The van der Waals surface area contributed by atoms with Gasteiger partial charge >= 0.3 is 5.97 Å². The SMILES string of the molecule is CC1(C)Nc2nc(N)[nH]c(=O)c2N=C1C(=O)NCCN1CCC(S(=O)(=O)NC[C@H]2O[C@@H](n3cnc4c(N)ccnc43)[C@@H](O)C2O)CC1C(=O)O. The minimum atomic E-state index is -4.10. The minimum Gasteiger partial charge on any atom is -0.480 e. The molecule has 6 rings (SSSR count). The first-order chi connectivity index (χ1) is 23.6. The van der Waals surface area contributed by atoms with Gasteiger partial charge in [-0.05, 0) is 32.8 Å². The molecule has 2 saturated heterocycles. The van der Waals surface area contributed by atoms with Crippen molar-refractivity contribution >= 4 is 61.9 Å². The Balaban J connectivity index is 1.04. The summed E-state index contributed by atoms with van der Waals surface area (Å²) in [6.45, 7) is 3.13. The van der Waals surface area contributed by atoms with Gasteiger partial charge in [0.25, 0.3) is 11.5 Å². The molecule has 0 spiro atoms. The number of likely N-dealkylation sites (tertiary alicyclic amines) is 1. The number of nitrogens with two attached hydrogens (primary N) is 2. The van der Waals surface area contributed by atoms with Crippen LogP contribution in [0.4, 0.5) is 23.1 Å². The summed E-state index contributed by atoms with van der Waals surface area (Å²) in [7, 11) is -4.10.